The van der Waals surface area contributed by atoms with Crippen LogP contribution in [0.15, 0.2) is 0 Å². The first-order valence-electron chi connectivity index (χ1n) is 6.58. The second-order valence-corrected chi connectivity index (χ2v) is 5.35. The summed E-state index contributed by atoms with van der Waals surface area (Å²) in [6.45, 7) is 5.67. The lowest BCUT2D eigenvalue weighted by atomic mass is 10.1. The van der Waals surface area contributed by atoms with Crippen molar-refractivity contribution in [3.05, 3.63) is 15.8 Å². The highest BCUT2D eigenvalue weighted by atomic mass is 16.6. The molecule has 1 unspecified atom stereocenters. The molecule has 1 aliphatic heterocycles. The monoisotopic (exact) mass is 267 g/mol. The Morgan fingerprint density at radius 2 is 2.26 bits per heavy atom. The van der Waals surface area contributed by atoms with Gasteiger partial charge in [0.1, 0.15) is 5.69 Å². The van der Waals surface area contributed by atoms with Gasteiger partial charge in [-0.05, 0) is 13.0 Å². The van der Waals surface area contributed by atoms with Crippen molar-refractivity contribution in [2.75, 3.05) is 25.0 Å². The first-order valence-corrected chi connectivity index (χ1v) is 6.58. The van der Waals surface area contributed by atoms with Crippen molar-refractivity contribution in [2.24, 2.45) is 7.05 Å². The van der Waals surface area contributed by atoms with E-state index in [4.69, 9.17) is 0 Å². The van der Waals surface area contributed by atoms with Crippen LogP contribution < -0.4 is 10.2 Å². The van der Waals surface area contributed by atoms with Gasteiger partial charge in [0.15, 0.2) is 0 Å². The number of rotatable bonds is 4. The Morgan fingerprint density at radius 1 is 1.58 bits per heavy atom. The predicted octanol–water partition coefficient (Wildman–Crippen LogP) is 1.25. The van der Waals surface area contributed by atoms with Gasteiger partial charge in [0.05, 0.1) is 4.92 Å². The van der Waals surface area contributed by atoms with Crippen molar-refractivity contribution in [1.29, 1.82) is 0 Å². The van der Waals surface area contributed by atoms with Crippen molar-refractivity contribution in [2.45, 2.75) is 32.2 Å². The van der Waals surface area contributed by atoms with Crippen LogP contribution in [0.2, 0.25) is 0 Å². The molecule has 0 amide bonds. The molecule has 1 N–H and O–H groups in total. The average Bonchev–Trinajstić information content (AvgIpc) is 2.94. The fourth-order valence-electron chi connectivity index (χ4n) is 2.63. The number of nitro groups is 1. The summed E-state index contributed by atoms with van der Waals surface area (Å²) in [5, 5.41) is 19.0. The van der Waals surface area contributed by atoms with Gasteiger partial charge in [0, 0.05) is 32.6 Å². The van der Waals surface area contributed by atoms with Crippen molar-refractivity contribution in [1.82, 2.24) is 15.1 Å². The summed E-state index contributed by atoms with van der Waals surface area (Å²) in [6, 6.07) is 0.286. The van der Waals surface area contributed by atoms with E-state index in [-0.39, 0.29) is 22.6 Å². The van der Waals surface area contributed by atoms with Crippen LogP contribution in [0.4, 0.5) is 11.5 Å². The van der Waals surface area contributed by atoms with Crippen LogP contribution in [0.1, 0.15) is 31.9 Å². The summed E-state index contributed by atoms with van der Waals surface area (Å²) in [5.74, 6) is 0.637. The Labute approximate surface area is 112 Å². The van der Waals surface area contributed by atoms with Crippen molar-refractivity contribution >= 4 is 11.5 Å². The van der Waals surface area contributed by atoms with Crippen molar-refractivity contribution in [3.63, 3.8) is 0 Å². The first-order chi connectivity index (χ1) is 8.93. The van der Waals surface area contributed by atoms with Crippen LogP contribution in [-0.4, -0.2) is 40.9 Å². The van der Waals surface area contributed by atoms with Gasteiger partial charge >= 0.3 is 5.69 Å². The molecule has 1 aromatic rings. The van der Waals surface area contributed by atoms with Crippen LogP contribution in [0.25, 0.3) is 0 Å². The largest absolute Gasteiger partial charge is 0.350 e. The number of hydrogen-bond donors (Lipinski definition) is 1. The molecule has 2 rings (SSSR count). The maximum absolute atomic E-state index is 11.4. The Bertz CT molecular complexity index is 477. The third kappa shape index (κ3) is 2.42. The first kappa shape index (κ1) is 13.8. The van der Waals surface area contributed by atoms with Crippen LogP contribution in [-0.2, 0) is 7.05 Å². The molecule has 0 spiro atoms. The lowest BCUT2D eigenvalue weighted by Crippen LogP contribution is -2.35. The number of nitrogens with one attached hydrogen (secondary N) is 1. The van der Waals surface area contributed by atoms with E-state index in [9.17, 15) is 10.1 Å². The third-order valence-electron chi connectivity index (χ3n) is 3.66. The van der Waals surface area contributed by atoms with Gasteiger partial charge in [0.25, 0.3) is 0 Å². The fourth-order valence-corrected chi connectivity index (χ4v) is 2.63. The smallest absolute Gasteiger partial charge is 0.334 e. The lowest BCUT2D eigenvalue weighted by Gasteiger charge is -2.24. The number of hydrogen-bond acceptors (Lipinski definition) is 5. The molecule has 7 nitrogen and oxygen atoms in total. The number of aromatic nitrogens is 2. The Hall–Kier alpha value is -1.63. The zero-order valence-corrected chi connectivity index (χ0v) is 11.9. The molecule has 0 aromatic carbocycles. The highest BCUT2D eigenvalue weighted by Gasteiger charge is 2.33. The lowest BCUT2D eigenvalue weighted by molar-refractivity contribution is -0.385. The van der Waals surface area contributed by atoms with E-state index in [1.54, 1.807) is 11.7 Å². The fraction of sp³-hybridized carbons (Fsp3) is 0.750. The second-order valence-electron chi connectivity index (χ2n) is 5.35. The van der Waals surface area contributed by atoms with E-state index in [2.05, 4.69) is 10.4 Å². The number of nitrogens with zero attached hydrogens (tertiary/aromatic N) is 4. The summed E-state index contributed by atoms with van der Waals surface area (Å²) in [6.07, 6.45) is 0.996. The third-order valence-corrected chi connectivity index (χ3v) is 3.66. The molecular weight excluding hydrogens is 246 g/mol. The molecule has 0 bridgehead atoms. The zero-order valence-electron chi connectivity index (χ0n) is 11.9. The Balaban J connectivity index is 2.46. The molecule has 1 aromatic heterocycles. The van der Waals surface area contributed by atoms with Crippen molar-refractivity contribution in [3.8, 4) is 0 Å². The molecule has 19 heavy (non-hydrogen) atoms. The number of aryl methyl sites for hydroxylation is 1. The molecule has 1 aliphatic rings. The van der Waals surface area contributed by atoms with Crippen LogP contribution >= 0.6 is 0 Å². The molecule has 7 heteroatoms. The minimum absolute atomic E-state index is 0.0375. The number of anilines is 1. The standard InChI is InChI=1S/C12H21N5O2/c1-8(2)10-11(17(18)19)12(16(4)14-10)15(3)9-5-6-13-7-9/h8-9,13H,5-7H2,1-4H3. The molecule has 0 radical (unpaired) electrons. The Morgan fingerprint density at radius 3 is 2.74 bits per heavy atom. The van der Waals surface area contributed by atoms with Gasteiger partial charge in [0.2, 0.25) is 5.82 Å². The normalized spacial score (nSPS) is 19.1. The molecule has 1 fully saturated rings. The molecule has 0 aliphatic carbocycles. The van der Waals surface area contributed by atoms with Gasteiger partial charge in [-0.15, -0.1) is 0 Å². The minimum atomic E-state index is -0.309. The minimum Gasteiger partial charge on any atom is -0.350 e. The zero-order chi connectivity index (χ0) is 14.2. The van der Waals surface area contributed by atoms with Crippen LogP contribution in [0, 0.1) is 10.1 Å². The summed E-state index contributed by atoms with van der Waals surface area (Å²) < 4.78 is 1.63. The summed E-state index contributed by atoms with van der Waals surface area (Å²) in [5.41, 5.74) is 0.701. The van der Waals surface area contributed by atoms with Gasteiger partial charge in [-0.3, -0.25) is 10.1 Å². The van der Waals surface area contributed by atoms with E-state index in [0.717, 1.165) is 19.5 Å². The van der Waals surface area contributed by atoms with Crippen molar-refractivity contribution < 1.29 is 4.92 Å². The molecule has 1 atom stereocenters. The van der Waals surface area contributed by atoms with E-state index in [1.165, 1.54) is 0 Å². The topological polar surface area (TPSA) is 76.2 Å². The maximum atomic E-state index is 11.4. The molecule has 0 saturated carbocycles. The van der Waals surface area contributed by atoms with E-state index < -0.39 is 0 Å². The summed E-state index contributed by atoms with van der Waals surface area (Å²) in [4.78, 5) is 13.1. The van der Waals surface area contributed by atoms with Gasteiger partial charge in [-0.25, -0.2) is 4.68 Å². The maximum Gasteiger partial charge on any atom is 0.334 e. The summed E-state index contributed by atoms with van der Waals surface area (Å²) in [7, 11) is 3.68. The second kappa shape index (κ2) is 5.16. The van der Waals surface area contributed by atoms with Gasteiger partial charge in [-0.1, -0.05) is 13.8 Å². The molecule has 106 valence electrons. The van der Waals surface area contributed by atoms with Gasteiger partial charge in [-0.2, -0.15) is 5.10 Å². The van der Waals surface area contributed by atoms with E-state index in [1.807, 2.05) is 25.8 Å². The average molecular weight is 267 g/mol. The summed E-state index contributed by atoms with van der Waals surface area (Å²) >= 11 is 0. The van der Waals surface area contributed by atoms with Crippen LogP contribution in [0.3, 0.4) is 0 Å². The highest BCUT2D eigenvalue weighted by Crippen LogP contribution is 2.36. The SMILES string of the molecule is CC(C)c1nn(C)c(N(C)C2CCNC2)c1[N+](=O)[O-]. The van der Waals surface area contributed by atoms with Gasteiger partial charge < -0.3 is 10.2 Å². The molecule has 2 heterocycles. The quantitative estimate of drug-likeness (QED) is 0.656. The highest BCUT2D eigenvalue weighted by molar-refractivity contribution is 5.62. The molecular formula is C12H21N5O2. The number of likely N-dealkylation sites (N-methyl/N-ethyl adjacent to an activating group) is 1. The Kier molecular flexibility index (Phi) is 3.75. The van der Waals surface area contributed by atoms with Crippen LogP contribution in [0.5, 0.6) is 0 Å². The molecule has 1 saturated heterocycles. The predicted molar refractivity (Wildman–Crippen MR) is 73.6 cm³/mol. The van der Waals surface area contributed by atoms with E-state index in [0.29, 0.717) is 11.5 Å². The van der Waals surface area contributed by atoms with E-state index >= 15 is 0 Å².